The van der Waals surface area contributed by atoms with Gasteiger partial charge in [0, 0.05) is 26.2 Å². The van der Waals surface area contributed by atoms with E-state index in [0.29, 0.717) is 5.75 Å². The Bertz CT molecular complexity index is 996. The zero-order valence-corrected chi connectivity index (χ0v) is 17.8. The van der Waals surface area contributed by atoms with Crippen molar-refractivity contribution in [2.45, 2.75) is 30.0 Å². The van der Waals surface area contributed by atoms with Crippen LogP contribution in [0.4, 0.5) is 5.82 Å². The van der Waals surface area contributed by atoms with E-state index in [9.17, 15) is 4.79 Å². The number of rotatable bonds is 4. The number of nitrogens with zero attached hydrogens (tertiary/aromatic N) is 5. The second-order valence-electron chi connectivity index (χ2n) is 7.49. The van der Waals surface area contributed by atoms with Gasteiger partial charge in [-0.15, -0.1) is 16.4 Å². The Morgan fingerprint density at radius 1 is 1.07 bits per heavy atom. The molecule has 0 bridgehead atoms. The van der Waals surface area contributed by atoms with E-state index in [0.717, 1.165) is 54.7 Å². The first-order chi connectivity index (χ1) is 14.3. The molecule has 0 N–H and O–H groups in total. The van der Waals surface area contributed by atoms with E-state index >= 15 is 0 Å². The van der Waals surface area contributed by atoms with Crippen molar-refractivity contribution in [3.05, 3.63) is 41.6 Å². The van der Waals surface area contributed by atoms with E-state index in [-0.39, 0.29) is 5.91 Å². The Balaban J connectivity index is 1.15. The van der Waals surface area contributed by atoms with Gasteiger partial charge < -0.3 is 9.80 Å². The molecule has 3 heterocycles. The van der Waals surface area contributed by atoms with Crippen molar-refractivity contribution in [2.75, 3.05) is 36.8 Å². The molecular formula is C21H23N5OS2. The zero-order chi connectivity index (χ0) is 19.6. The number of thiazole rings is 1. The molecule has 6 nitrogen and oxygen atoms in total. The average Bonchev–Trinajstić information content (AvgIpc) is 3.20. The Kier molecular flexibility index (Phi) is 5.37. The second kappa shape index (κ2) is 8.28. The highest BCUT2D eigenvalue weighted by Gasteiger charge is 2.23. The molecule has 29 heavy (non-hydrogen) atoms. The lowest BCUT2D eigenvalue weighted by atomic mass is 9.97. The number of aromatic nitrogens is 3. The summed E-state index contributed by atoms with van der Waals surface area (Å²) < 4.78 is 2.13. The van der Waals surface area contributed by atoms with Gasteiger partial charge in [0.1, 0.15) is 0 Å². The van der Waals surface area contributed by atoms with Crippen LogP contribution < -0.4 is 4.90 Å². The number of benzene rings is 1. The molecule has 0 atom stereocenters. The molecular weight excluding hydrogens is 402 g/mol. The highest BCUT2D eigenvalue weighted by molar-refractivity contribution is 8.01. The van der Waals surface area contributed by atoms with Crippen molar-refractivity contribution in [2.24, 2.45) is 0 Å². The maximum Gasteiger partial charge on any atom is 0.233 e. The quantitative estimate of drug-likeness (QED) is 0.597. The van der Waals surface area contributed by atoms with E-state index in [1.807, 2.05) is 23.1 Å². The summed E-state index contributed by atoms with van der Waals surface area (Å²) in [6.45, 7) is 3.09. The third-order valence-corrected chi connectivity index (χ3v) is 7.77. The first-order valence-electron chi connectivity index (χ1n) is 10.1. The van der Waals surface area contributed by atoms with Gasteiger partial charge in [-0.05, 0) is 49.4 Å². The first-order valence-corrected chi connectivity index (χ1v) is 11.9. The van der Waals surface area contributed by atoms with Gasteiger partial charge in [-0.1, -0.05) is 23.9 Å². The number of piperazine rings is 1. The number of para-hydroxylation sites is 1. The molecule has 1 aromatic carbocycles. The van der Waals surface area contributed by atoms with Gasteiger partial charge in [0.25, 0.3) is 0 Å². The number of hydrogen-bond acceptors (Lipinski definition) is 7. The van der Waals surface area contributed by atoms with Crippen molar-refractivity contribution in [3.63, 3.8) is 0 Å². The minimum Gasteiger partial charge on any atom is -0.352 e. The Labute approximate surface area is 178 Å². The van der Waals surface area contributed by atoms with Crippen LogP contribution >= 0.6 is 23.1 Å². The summed E-state index contributed by atoms with van der Waals surface area (Å²) in [6.07, 6.45) is 4.63. The van der Waals surface area contributed by atoms with E-state index in [4.69, 9.17) is 0 Å². The third-order valence-electron chi connectivity index (χ3n) is 5.61. The fourth-order valence-electron chi connectivity index (χ4n) is 3.95. The van der Waals surface area contributed by atoms with Crippen LogP contribution in [0.2, 0.25) is 0 Å². The predicted octanol–water partition coefficient (Wildman–Crippen LogP) is 3.41. The molecule has 5 rings (SSSR count). The van der Waals surface area contributed by atoms with E-state index in [2.05, 4.69) is 32.2 Å². The lowest BCUT2D eigenvalue weighted by Gasteiger charge is -2.35. The number of carbonyl (C=O) groups excluding carboxylic acids is 1. The zero-order valence-electron chi connectivity index (χ0n) is 16.2. The van der Waals surface area contributed by atoms with Crippen molar-refractivity contribution in [1.82, 2.24) is 20.1 Å². The van der Waals surface area contributed by atoms with E-state index in [1.165, 1.54) is 28.8 Å². The van der Waals surface area contributed by atoms with Crippen molar-refractivity contribution in [1.29, 1.82) is 0 Å². The summed E-state index contributed by atoms with van der Waals surface area (Å²) in [4.78, 5) is 21.5. The number of fused-ring (bicyclic) bond motifs is 2. The third kappa shape index (κ3) is 4.09. The van der Waals surface area contributed by atoms with Gasteiger partial charge in [0.05, 0.1) is 21.7 Å². The topological polar surface area (TPSA) is 62.2 Å². The van der Waals surface area contributed by atoms with Gasteiger partial charge in [0.2, 0.25) is 5.91 Å². The molecule has 1 fully saturated rings. The van der Waals surface area contributed by atoms with Gasteiger partial charge in [-0.3, -0.25) is 4.79 Å². The van der Waals surface area contributed by atoms with Crippen LogP contribution in [0.15, 0.2) is 34.7 Å². The van der Waals surface area contributed by atoms with Crippen molar-refractivity contribution >= 4 is 45.0 Å². The molecule has 1 aliphatic heterocycles. The Morgan fingerprint density at radius 2 is 1.90 bits per heavy atom. The summed E-state index contributed by atoms with van der Waals surface area (Å²) in [5, 5.41) is 8.89. The maximum atomic E-state index is 12.7. The first kappa shape index (κ1) is 18.8. The predicted molar refractivity (Wildman–Crippen MR) is 118 cm³/mol. The molecule has 3 aromatic rings. The number of aryl methyl sites for hydroxylation is 2. The molecule has 0 radical (unpaired) electrons. The highest BCUT2D eigenvalue weighted by Crippen LogP contribution is 2.29. The van der Waals surface area contributed by atoms with Gasteiger partial charge in [-0.25, -0.2) is 4.98 Å². The molecule has 0 spiro atoms. The van der Waals surface area contributed by atoms with E-state index < -0.39 is 0 Å². The lowest BCUT2D eigenvalue weighted by Crippen LogP contribution is -2.49. The maximum absolute atomic E-state index is 12.7. The fraction of sp³-hybridized carbons (Fsp3) is 0.429. The smallest absolute Gasteiger partial charge is 0.233 e. The van der Waals surface area contributed by atoms with Crippen LogP contribution in [-0.4, -0.2) is 57.9 Å². The number of thioether (sulfide) groups is 1. The molecule has 2 aliphatic rings. The highest BCUT2D eigenvalue weighted by atomic mass is 32.2. The molecule has 150 valence electrons. The molecule has 2 aromatic heterocycles. The largest absolute Gasteiger partial charge is 0.352 e. The summed E-state index contributed by atoms with van der Waals surface area (Å²) in [7, 11) is 0. The minimum atomic E-state index is 0.186. The number of carbonyl (C=O) groups is 1. The van der Waals surface area contributed by atoms with Crippen LogP contribution in [-0.2, 0) is 17.6 Å². The molecule has 1 amide bonds. The van der Waals surface area contributed by atoms with Gasteiger partial charge in [-0.2, -0.15) is 5.10 Å². The average molecular weight is 426 g/mol. The normalized spacial score (nSPS) is 16.8. The Morgan fingerprint density at radius 3 is 2.76 bits per heavy atom. The van der Waals surface area contributed by atoms with Gasteiger partial charge >= 0.3 is 0 Å². The minimum absolute atomic E-state index is 0.186. The molecule has 0 unspecified atom stereocenters. The summed E-state index contributed by atoms with van der Waals surface area (Å²) in [6, 6.07) is 10.3. The van der Waals surface area contributed by atoms with Crippen LogP contribution in [0, 0.1) is 0 Å². The Hall–Kier alpha value is -2.19. The number of anilines is 1. The summed E-state index contributed by atoms with van der Waals surface area (Å²) in [5.41, 5.74) is 3.53. The van der Waals surface area contributed by atoms with Crippen molar-refractivity contribution < 1.29 is 4.79 Å². The van der Waals surface area contributed by atoms with Crippen molar-refractivity contribution in [3.8, 4) is 0 Å². The fourth-order valence-corrected chi connectivity index (χ4v) is 5.92. The summed E-state index contributed by atoms with van der Waals surface area (Å²) >= 11 is 3.19. The summed E-state index contributed by atoms with van der Waals surface area (Å²) in [5.74, 6) is 1.59. The van der Waals surface area contributed by atoms with Crippen LogP contribution in [0.1, 0.15) is 24.1 Å². The lowest BCUT2D eigenvalue weighted by molar-refractivity contribution is -0.128. The van der Waals surface area contributed by atoms with E-state index in [1.54, 1.807) is 23.1 Å². The second-order valence-corrected chi connectivity index (χ2v) is 9.74. The SMILES string of the molecule is O=C(CSc1nc2ccccc2s1)N1CCN(c2cc3c(nn2)CCCC3)CC1. The standard InChI is InChI=1S/C21H23N5OS2/c27-20(14-28-21-22-17-7-3-4-8-18(17)29-21)26-11-9-25(10-12-26)19-13-15-5-1-2-6-16(15)23-24-19/h3-4,7-8,13H,1-2,5-6,9-12,14H2. The van der Waals surface area contributed by atoms with Gasteiger partial charge in [0.15, 0.2) is 10.2 Å². The molecule has 0 saturated carbocycles. The van der Waals surface area contributed by atoms with Crippen LogP contribution in [0.3, 0.4) is 0 Å². The van der Waals surface area contributed by atoms with Crippen LogP contribution in [0.5, 0.6) is 0 Å². The molecule has 1 saturated heterocycles. The number of amides is 1. The molecule has 8 heteroatoms. The van der Waals surface area contributed by atoms with Crippen LogP contribution in [0.25, 0.3) is 10.2 Å². The monoisotopic (exact) mass is 425 g/mol. The number of hydrogen-bond donors (Lipinski definition) is 0. The molecule has 1 aliphatic carbocycles.